The van der Waals surface area contributed by atoms with E-state index in [4.69, 9.17) is 9.52 Å². The Bertz CT molecular complexity index is 1450. The minimum absolute atomic E-state index is 0.0205. The first-order chi connectivity index (χ1) is 19.6. The highest BCUT2D eigenvalue weighted by molar-refractivity contribution is 5.96. The number of ketones is 1. The van der Waals surface area contributed by atoms with Gasteiger partial charge in [-0.2, -0.15) is 26.3 Å². The van der Waals surface area contributed by atoms with E-state index in [1.165, 1.54) is 30.5 Å². The summed E-state index contributed by atoms with van der Waals surface area (Å²) in [5.74, 6) is -5.78. The third kappa shape index (κ3) is 6.37. The smallest absolute Gasteiger partial charge is 0.437 e. The normalized spacial score (nSPS) is 15.8. The first kappa shape index (κ1) is 30.5. The Morgan fingerprint density at radius 1 is 0.929 bits per heavy atom. The molecule has 1 aliphatic rings. The number of rotatable bonds is 8. The molecule has 16 heteroatoms. The summed E-state index contributed by atoms with van der Waals surface area (Å²) in [7, 11) is 0. The SMILES string of the molecule is O=C(O)CC(O)(C(=O)N1CCN(c2ccc(CC(=O)c3oc(-c4ccccc4)nc3C(F)(F)F)cn2)CC1)C(F)(F)F. The molecule has 3 heterocycles. The topological polar surface area (TPSA) is 137 Å². The van der Waals surface area contributed by atoms with Crippen molar-refractivity contribution in [3.8, 4) is 11.5 Å². The lowest BCUT2D eigenvalue weighted by Crippen LogP contribution is -2.62. The zero-order chi connectivity index (χ0) is 30.9. The summed E-state index contributed by atoms with van der Waals surface area (Å²) in [4.78, 5) is 46.0. The predicted octanol–water partition coefficient (Wildman–Crippen LogP) is 3.60. The average molecular weight is 600 g/mol. The van der Waals surface area contributed by atoms with Crippen LogP contribution in [0.1, 0.15) is 28.2 Å². The highest BCUT2D eigenvalue weighted by Crippen LogP contribution is 2.36. The molecule has 1 unspecified atom stereocenters. The van der Waals surface area contributed by atoms with Crippen LogP contribution < -0.4 is 4.90 Å². The summed E-state index contributed by atoms with van der Waals surface area (Å²) < 4.78 is 86.0. The number of aliphatic hydroxyl groups is 1. The van der Waals surface area contributed by atoms with Gasteiger partial charge in [-0.3, -0.25) is 14.4 Å². The monoisotopic (exact) mass is 600 g/mol. The second-order valence-electron chi connectivity index (χ2n) is 9.39. The van der Waals surface area contributed by atoms with Crippen molar-refractivity contribution in [2.75, 3.05) is 31.1 Å². The maximum atomic E-state index is 13.6. The van der Waals surface area contributed by atoms with Gasteiger partial charge < -0.3 is 24.4 Å². The number of carbonyl (C=O) groups is 3. The predicted molar refractivity (Wildman–Crippen MR) is 131 cm³/mol. The van der Waals surface area contributed by atoms with Crippen molar-refractivity contribution in [1.82, 2.24) is 14.9 Å². The molecule has 1 aromatic carbocycles. The van der Waals surface area contributed by atoms with E-state index in [0.29, 0.717) is 10.7 Å². The van der Waals surface area contributed by atoms with Crippen LogP contribution in [0.2, 0.25) is 0 Å². The molecule has 0 aliphatic carbocycles. The maximum absolute atomic E-state index is 13.6. The number of piperazine rings is 1. The van der Waals surface area contributed by atoms with Gasteiger partial charge in [0.1, 0.15) is 5.82 Å². The first-order valence-electron chi connectivity index (χ1n) is 12.3. The number of benzene rings is 1. The fourth-order valence-corrected chi connectivity index (χ4v) is 4.30. The molecule has 0 bridgehead atoms. The van der Waals surface area contributed by atoms with Crippen LogP contribution in [0.4, 0.5) is 32.2 Å². The van der Waals surface area contributed by atoms with Crippen LogP contribution in [0.15, 0.2) is 53.1 Å². The number of anilines is 1. The van der Waals surface area contributed by atoms with Crippen LogP contribution in [-0.2, 0) is 22.2 Å². The van der Waals surface area contributed by atoms with E-state index in [9.17, 15) is 45.8 Å². The molecule has 2 aromatic heterocycles. The highest BCUT2D eigenvalue weighted by Gasteiger charge is 2.62. The van der Waals surface area contributed by atoms with Gasteiger partial charge in [0.2, 0.25) is 23.0 Å². The molecule has 1 aliphatic heterocycles. The Balaban J connectivity index is 1.42. The minimum Gasteiger partial charge on any atom is -0.481 e. The van der Waals surface area contributed by atoms with Gasteiger partial charge in [0.05, 0.1) is 6.42 Å². The van der Waals surface area contributed by atoms with Crippen molar-refractivity contribution in [3.05, 3.63) is 65.7 Å². The summed E-state index contributed by atoms with van der Waals surface area (Å²) in [5, 5.41) is 18.7. The van der Waals surface area contributed by atoms with Crippen molar-refractivity contribution in [2.24, 2.45) is 0 Å². The molecule has 0 saturated carbocycles. The molecule has 4 rings (SSSR count). The van der Waals surface area contributed by atoms with Gasteiger partial charge >= 0.3 is 18.3 Å². The second kappa shape index (κ2) is 11.4. The average Bonchev–Trinajstić information content (AvgIpc) is 3.40. The fraction of sp³-hybridized carbons (Fsp3) is 0.346. The lowest BCUT2D eigenvalue weighted by atomic mass is 9.96. The molecule has 1 amide bonds. The third-order valence-corrected chi connectivity index (χ3v) is 6.46. The number of carboxylic acids is 1. The lowest BCUT2D eigenvalue weighted by molar-refractivity contribution is -0.258. The number of aromatic nitrogens is 2. The molecule has 10 nitrogen and oxygen atoms in total. The summed E-state index contributed by atoms with van der Waals surface area (Å²) in [6, 6.07) is 10.6. The molecule has 3 aromatic rings. The molecule has 1 atom stereocenters. The number of carboxylic acid groups (broad SMARTS) is 1. The molecule has 1 saturated heterocycles. The standard InChI is InChI=1S/C26H22F6N4O6/c27-25(28,29)21-20(42-22(34-21)16-4-2-1-3-5-16)17(37)12-15-6-7-18(33-14-15)35-8-10-36(11-9-35)23(40)24(41,13-19(38)39)26(30,31)32/h1-7,14,41H,8-13H2,(H,38,39). The number of halogens is 6. The molecular formula is C26H22F6N4O6. The van der Waals surface area contributed by atoms with E-state index in [2.05, 4.69) is 9.97 Å². The molecule has 0 spiro atoms. The van der Waals surface area contributed by atoms with Crippen molar-refractivity contribution in [3.63, 3.8) is 0 Å². The Kier molecular flexibility index (Phi) is 8.29. The van der Waals surface area contributed by atoms with Crippen LogP contribution in [0.25, 0.3) is 11.5 Å². The molecule has 224 valence electrons. The van der Waals surface area contributed by atoms with Gasteiger partial charge in [-0.05, 0) is 23.8 Å². The van der Waals surface area contributed by atoms with E-state index < -0.39 is 59.9 Å². The summed E-state index contributed by atoms with van der Waals surface area (Å²) in [6.45, 7) is -0.608. The maximum Gasteiger partial charge on any atom is 0.437 e. The number of aliphatic carboxylic acids is 1. The number of nitrogens with zero attached hydrogens (tertiary/aromatic N) is 4. The van der Waals surface area contributed by atoms with Gasteiger partial charge in [-0.1, -0.05) is 24.3 Å². The van der Waals surface area contributed by atoms with Crippen molar-refractivity contribution >= 4 is 23.5 Å². The third-order valence-electron chi connectivity index (χ3n) is 6.46. The Morgan fingerprint density at radius 2 is 1.57 bits per heavy atom. The molecule has 1 fully saturated rings. The van der Waals surface area contributed by atoms with Crippen LogP contribution >= 0.6 is 0 Å². The van der Waals surface area contributed by atoms with Crippen LogP contribution in [0.3, 0.4) is 0 Å². The number of carbonyl (C=O) groups excluding carboxylic acids is 2. The second-order valence-corrected chi connectivity index (χ2v) is 9.39. The van der Waals surface area contributed by atoms with Crippen LogP contribution in [-0.4, -0.2) is 80.7 Å². The van der Waals surface area contributed by atoms with E-state index in [1.54, 1.807) is 23.1 Å². The number of hydrogen-bond acceptors (Lipinski definition) is 8. The van der Waals surface area contributed by atoms with Gasteiger partial charge in [-0.25, -0.2) is 9.97 Å². The summed E-state index contributed by atoms with van der Waals surface area (Å²) >= 11 is 0. The highest BCUT2D eigenvalue weighted by atomic mass is 19.4. The van der Waals surface area contributed by atoms with Gasteiger partial charge in [0.15, 0.2) is 5.69 Å². The van der Waals surface area contributed by atoms with Crippen molar-refractivity contribution in [1.29, 1.82) is 0 Å². The Hall–Kier alpha value is -4.47. The zero-order valence-electron chi connectivity index (χ0n) is 21.4. The largest absolute Gasteiger partial charge is 0.481 e. The fourth-order valence-electron chi connectivity index (χ4n) is 4.30. The zero-order valence-corrected chi connectivity index (χ0v) is 21.4. The number of pyridine rings is 1. The van der Waals surface area contributed by atoms with E-state index in [0.717, 1.165) is 0 Å². The van der Waals surface area contributed by atoms with Gasteiger partial charge in [-0.15, -0.1) is 0 Å². The van der Waals surface area contributed by atoms with E-state index in [-0.39, 0.29) is 43.2 Å². The first-order valence-corrected chi connectivity index (χ1v) is 12.3. The van der Waals surface area contributed by atoms with Crippen LogP contribution in [0, 0.1) is 0 Å². The molecule has 2 N–H and O–H groups in total. The number of oxazole rings is 1. The lowest BCUT2D eigenvalue weighted by Gasteiger charge is -2.39. The quantitative estimate of drug-likeness (QED) is 0.294. The Labute approximate surface area is 233 Å². The molecule has 0 radical (unpaired) electrons. The molecular weight excluding hydrogens is 578 g/mol. The summed E-state index contributed by atoms with van der Waals surface area (Å²) in [6.07, 6.45) is -11.6. The number of amides is 1. The molecule has 42 heavy (non-hydrogen) atoms. The van der Waals surface area contributed by atoms with Crippen molar-refractivity contribution in [2.45, 2.75) is 30.8 Å². The number of hydrogen-bond donors (Lipinski definition) is 2. The van der Waals surface area contributed by atoms with Gasteiger partial charge in [0.25, 0.3) is 5.91 Å². The Morgan fingerprint density at radius 3 is 2.10 bits per heavy atom. The van der Waals surface area contributed by atoms with E-state index >= 15 is 0 Å². The summed E-state index contributed by atoms with van der Waals surface area (Å²) in [5.41, 5.74) is -5.04. The minimum atomic E-state index is -5.51. The van der Waals surface area contributed by atoms with E-state index in [1.807, 2.05) is 0 Å². The van der Waals surface area contributed by atoms with Crippen LogP contribution in [0.5, 0.6) is 0 Å². The van der Waals surface area contributed by atoms with Gasteiger partial charge in [0, 0.05) is 44.4 Å². The number of alkyl halides is 6. The van der Waals surface area contributed by atoms with Crippen molar-refractivity contribution < 1.29 is 55.4 Å². The number of Topliss-reactive ketones (excluding diaryl/α,β-unsaturated/α-hetero) is 1.